The highest BCUT2D eigenvalue weighted by Crippen LogP contribution is 2.25. The third-order valence-corrected chi connectivity index (χ3v) is 9.81. The van der Waals surface area contributed by atoms with E-state index < -0.39 is 35.1 Å². The Bertz CT molecular complexity index is 858. The number of unbranched alkanes of at least 4 members (excludes halogenated alkanes) is 26. The van der Waals surface area contributed by atoms with Crippen LogP contribution < -0.4 is 0 Å². The summed E-state index contributed by atoms with van der Waals surface area (Å²) in [4.78, 5) is 68.2. The molecule has 0 aromatic heterocycles. The monoisotopic (exact) mass is 771 g/mol. The van der Waals surface area contributed by atoms with Gasteiger partial charge < -0.3 is 9.47 Å². The number of hydrogen-bond donors (Lipinski definition) is 0. The molecule has 0 radical (unpaired) electrons. The van der Waals surface area contributed by atoms with E-state index in [-0.39, 0.29) is 13.2 Å². The number of carbonyl (C=O) groups excluding carboxylic acids is 4. The summed E-state index contributed by atoms with van der Waals surface area (Å²) in [6, 6.07) is 0. The van der Waals surface area contributed by atoms with Crippen molar-refractivity contribution in [1.82, 2.24) is 0 Å². The lowest BCUT2D eigenvalue weighted by molar-refractivity contribution is -0.339. The van der Waals surface area contributed by atoms with E-state index in [1.165, 1.54) is 141 Å². The Balaban J connectivity index is 3.88. The van der Waals surface area contributed by atoms with E-state index in [4.69, 9.17) is 29.0 Å². The molecule has 0 rings (SSSR count). The highest BCUT2D eigenvalue weighted by atomic mass is 17.2. The van der Waals surface area contributed by atoms with Gasteiger partial charge in [-0.1, -0.05) is 181 Å². The lowest BCUT2D eigenvalue weighted by atomic mass is 9.94. The van der Waals surface area contributed by atoms with Gasteiger partial charge in [0.15, 0.2) is 0 Å². The van der Waals surface area contributed by atoms with Crippen LogP contribution in [0, 0.1) is 0 Å². The zero-order chi connectivity index (χ0) is 40.2. The van der Waals surface area contributed by atoms with Crippen LogP contribution in [-0.2, 0) is 48.2 Å². The molecule has 0 N–H and O–H groups in total. The molecule has 0 saturated carbocycles. The average molecular weight is 771 g/mol. The van der Waals surface area contributed by atoms with Gasteiger partial charge >= 0.3 is 23.9 Å². The SMILES string of the molecule is CCCCCCCCCCCCCCCCOC(=O)C(=O)OOC(C)(C)CCC(C)(C)OOC(=O)C(=O)OCCCCCCCCCCCCCCCC. The molecule has 0 fully saturated rings. The number of carbonyl (C=O) groups is 4. The molecule has 0 saturated heterocycles. The van der Waals surface area contributed by atoms with Crippen LogP contribution >= 0.6 is 0 Å². The van der Waals surface area contributed by atoms with Gasteiger partial charge in [0.1, 0.15) is 11.2 Å². The summed E-state index contributed by atoms with van der Waals surface area (Å²) in [5.74, 6) is -4.62. The molecule has 0 spiro atoms. The maximum atomic E-state index is 12.1. The Hall–Kier alpha value is -2.20. The summed E-state index contributed by atoms with van der Waals surface area (Å²) in [5.41, 5.74) is -1.97. The molecule has 0 aliphatic rings. The molecular formula is C44H82O10. The molecule has 0 unspecified atom stereocenters. The molecule has 0 aliphatic heterocycles. The Morgan fingerprint density at radius 3 is 0.796 bits per heavy atom. The standard InChI is InChI=1S/C44H82O10/c1-7-9-11-13-15-17-19-21-23-25-27-29-31-33-37-49-39(45)41(47)51-53-43(3,4)35-36-44(5,6)54-52-42(48)40(46)50-38-34-32-30-28-26-24-22-20-18-16-14-12-10-8-2/h7-38H2,1-6H3. The second-order valence-electron chi connectivity index (χ2n) is 16.4. The summed E-state index contributed by atoms with van der Waals surface area (Å²) in [5, 5.41) is 0. The minimum atomic E-state index is -1.22. The first-order valence-electron chi connectivity index (χ1n) is 22.1. The van der Waals surface area contributed by atoms with Crippen LogP contribution in [0.25, 0.3) is 0 Å². The van der Waals surface area contributed by atoms with Gasteiger partial charge in [0.25, 0.3) is 0 Å². The molecule has 54 heavy (non-hydrogen) atoms. The highest BCUT2D eigenvalue weighted by molar-refractivity contribution is 6.29. The molecule has 0 heterocycles. The second kappa shape index (κ2) is 35.2. The zero-order valence-electron chi connectivity index (χ0n) is 35.7. The third kappa shape index (κ3) is 34.3. The van der Waals surface area contributed by atoms with E-state index in [2.05, 4.69) is 13.8 Å². The first-order chi connectivity index (χ1) is 25.9. The van der Waals surface area contributed by atoms with Gasteiger partial charge in [-0.05, 0) is 53.4 Å². The summed E-state index contributed by atoms with van der Waals surface area (Å²) >= 11 is 0. The predicted molar refractivity (Wildman–Crippen MR) is 214 cm³/mol. The molecule has 0 aromatic carbocycles. The predicted octanol–water partition coefficient (Wildman–Crippen LogP) is 12.3. The number of hydrogen-bond acceptors (Lipinski definition) is 10. The van der Waals surface area contributed by atoms with Crippen LogP contribution in [0.2, 0.25) is 0 Å². The molecule has 0 atom stereocenters. The van der Waals surface area contributed by atoms with E-state index in [9.17, 15) is 19.2 Å². The van der Waals surface area contributed by atoms with Crippen molar-refractivity contribution in [2.24, 2.45) is 0 Å². The number of esters is 2. The summed E-state index contributed by atoms with van der Waals surface area (Å²) < 4.78 is 10.1. The van der Waals surface area contributed by atoms with E-state index in [0.717, 1.165) is 25.7 Å². The smallest absolute Gasteiger partial charge is 0.449 e. The first-order valence-corrected chi connectivity index (χ1v) is 22.1. The van der Waals surface area contributed by atoms with Gasteiger partial charge in [-0.2, -0.15) is 9.78 Å². The van der Waals surface area contributed by atoms with E-state index in [1.807, 2.05) is 0 Å². The Morgan fingerprint density at radius 2 is 0.556 bits per heavy atom. The van der Waals surface area contributed by atoms with Gasteiger partial charge in [0.2, 0.25) is 0 Å². The van der Waals surface area contributed by atoms with Crippen molar-refractivity contribution >= 4 is 23.9 Å². The van der Waals surface area contributed by atoms with Gasteiger partial charge in [-0.25, -0.2) is 19.2 Å². The van der Waals surface area contributed by atoms with Gasteiger partial charge in [0.05, 0.1) is 13.2 Å². The summed E-state index contributed by atoms with van der Waals surface area (Å²) in [6.45, 7) is 11.5. The van der Waals surface area contributed by atoms with Crippen LogP contribution in [0.3, 0.4) is 0 Å². The molecule has 0 aliphatic carbocycles. The molecule has 318 valence electrons. The molecule has 10 heteroatoms. The highest BCUT2D eigenvalue weighted by Gasteiger charge is 2.32. The normalized spacial score (nSPS) is 11.7. The average Bonchev–Trinajstić information content (AvgIpc) is 3.15. The van der Waals surface area contributed by atoms with Crippen LogP contribution in [0.15, 0.2) is 0 Å². The quantitative estimate of drug-likeness (QED) is 0.0198. The fraction of sp³-hybridized carbons (Fsp3) is 0.909. The molecule has 0 amide bonds. The van der Waals surface area contributed by atoms with Crippen molar-refractivity contribution in [3.8, 4) is 0 Å². The lowest BCUT2D eigenvalue weighted by Gasteiger charge is -2.28. The van der Waals surface area contributed by atoms with Crippen LogP contribution in [0.1, 0.15) is 234 Å². The fourth-order valence-electron chi connectivity index (χ4n) is 6.10. The van der Waals surface area contributed by atoms with Crippen LogP contribution in [0.4, 0.5) is 0 Å². The van der Waals surface area contributed by atoms with Crippen molar-refractivity contribution in [2.45, 2.75) is 245 Å². The maximum absolute atomic E-state index is 12.1. The van der Waals surface area contributed by atoms with Crippen molar-refractivity contribution < 1.29 is 48.2 Å². The van der Waals surface area contributed by atoms with Gasteiger partial charge in [-0.3, -0.25) is 9.78 Å². The number of rotatable bonds is 37. The minimum Gasteiger partial charge on any atom is -0.457 e. The van der Waals surface area contributed by atoms with Crippen molar-refractivity contribution in [1.29, 1.82) is 0 Å². The van der Waals surface area contributed by atoms with E-state index in [0.29, 0.717) is 25.7 Å². The summed E-state index contributed by atoms with van der Waals surface area (Å²) in [6.07, 6.45) is 35.0. The Labute approximate surface area is 330 Å². The fourth-order valence-corrected chi connectivity index (χ4v) is 6.10. The van der Waals surface area contributed by atoms with Crippen LogP contribution in [-0.4, -0.2) is 48.3 Å². The van der Waals surface area contributed by atoms with E-state index >= 15 is 0 Å². The molecular weight excluding hydrogens is 688 g/mol. The zero-order valence-corrected chi connectivity index (χ0v) is 35.7. The maximum Gasteiger partial charge on any atom is 0.449 e. The van der Waals surface area contributed by atoms with Gasteiger partial charge in [0, 0.05) is 0 Å². The summed E-state index contributed by atoms with van der Waals surface area (Å²) in [7, 11) is 0. The largest absolute Gasteiger partial charge is 0.457 e. The topological polar surface area (TPSA) is 124 Å². The van der Waals surface area contributed by atoms with Crippen LogP contribution in [0.5, 0.6) is 0 Å². The first kappa shape index (κ1) is 51.8. The third-order valence-electron chi connectivity index (χ3n) is 9.81. The molecule has 0 bridgehead atoms. The molecule has 10 nitrogen and oxygen atoms in total. The Morgan fingerprint density at radius 1 is 0.333 bits per heavy atom. The van der Waals surface area contributed by atoms with Crippen molar-refractivity contribution in [3.05, 3.63) is 0 Å². The van der Waals surface area contributed by atoms with Crippen molar-refractivity contribution in [3.63, 3.8) is 0 Å². The molecule has 0 aromatic rings. The number of ether oxygens (including phenoxy) is 2. The second-order valence-corrected chi connectivity index (χ2v) is 16.4. The minimum absolute atomic E-state index is 0.159. The van der Waals surface area contributed by atoms with Crippen molar-refractivity contribution in [2.75, 3.05) is 13.2 Å². The van der Waals surface area contributed by atoms with E-state index in [1.54, 1.807) is 27.7 Å². The Kier molecular flexibility index (Phi) is 33.8. The van der Waals surface area contributed by atoms with Gasteiger partial charge in [-0.15, -0.1) is 0 Å². The lowest BCUT2D eigenvalue weighted by Crippen LogP contribution is -2.34.